The molecule has 0 atom stereocenters. The minimum Gasteiger partial charge on any atom is -0.382 e. The number of sulfonamides is 1. The Morgan fingerprint density at radius 1 is 0.852 bits per heavy atom. The van der Waals surface area contributed by atoms with Crippen molar-refractivity contribution in [3.63, 3.8) is 0 Å². The van der Waals surface area contributed by atoms with E-state index in [-0.39, 0.29) is 28.2 Å². The van der Waals surface area contributed by atoms with Gasteiger partial charge in [-0.2, -0.15) is 15.1 Å². The summed E-state index contributed by atoms with van der Waals surface area (Å²) in [5.41, 5.74) is 17.7. The Bertz CT molecular complexity index is 1060. The number of hydrogen-bond donors (Lipinski definition) is 4. The highest BCUT2D eigenvalue weighted by Crippen LogP contribution is 2.29. The van der Waals surface area contributed by atoms with Crippen molar-refractivity contribution in [1.82, 2.24) is 15.0 Å². The van der Waals surface area contributed by atoms with E-state index in [2.05, 4.69) is 29.9 Å². The van der Waals surface area contributed by atoms with Crippen molar-refractivity contribution in [2.75, 3.05) is 21.9 Å². The minimum absolute atomic E-state index is 0.00972. The van der Waals surface area contributed by atoms with E-state index in [1.807, 2.05) is 0 Å². The quantitative estimate of drug-likeness (QED) is 0.478. The molecule has 0 fully saturated rings. The first-order chi connectivity index (χ1) is 12.8. The molecular weight excluding hydrogens is 370 g/mol. The lowest BCUT2D eigenvalue weighted by Gasteiger charge is -2.07. The maximum atomic E-state index is 12.4. The Kier molecular flexibility index (Phi) is 4.81. The van der Waals surface area contributed by atoms with Gasteiger partial charge in [0.15, 0.2) is 17.3 Å². The van der Waals surface area contributed by atoms with Gasteiger partial charge < -0.3 is 17.2 Å². The fraction of sp³-hybridized carbons (Fsp3) is 0. The average Bonchev–Trinajstić information content (AvgIpc) is 2.61. The van der Waals surface area contributed by atoms with Gasteiger partial charge in [-0.25, -0.2) is 8.42 Å². The lowest BCUT2D eigenvalue weighted by atomic mass is 10.3. The van der Waals surface area contributed by atoms with Crippen LogP contribution >= 0.6 is 0 Å². The molecule has 1 aromatic carbocycles. The van der Waals surface area contributed by atoms with E-state index in [9.17, 15) is 8.42 Å². The summed E-state index contributed by atoms with van der Waals surface area (Å²) in [6.07, 6.45) is 2.97. The third kappa shape index (κ3) is 4.24. The van der Waals surface area contributed by atoms with Gasteiger partial charge >= 0.3 is 0 Å². The maximum absolute atomic E-state index is 12.4. The van der Waals surface area contributed by atoms with E-state index in [0.29, 0.717) is 11.4 Å². The van der Waals surface area contributed by atoms with Crippen LogP contribution in [0, 0.1) is 0 Å². The molecule has 0 spiro atoms. The summed E-state index contributed by atoms with van der Waals surface area (Å²) in [5, 5.41) is 7.85. The second kappa shape index (κ2) is 7.21. The predicted octanol–water partition coefficient (Wildman–Crippen LogP) is 1.83. The molecule has 0 saturated heterocycles. The van der Waals surface area contributed by atoms with Crippen LogP contribution in [0.15, 0.2) is 63.9 Å². The molecule has 138 valence electrons. The van der Waals surface area contributed by atoms with Crippen LogP contribution in [0.2, 0.25) is 0 Å². The third-order valence-electron chi connectivity index (χ3n) is 3.30. The number of anilines is 4. The van der Waals surface area contributed by atoms with E-state index < -0.39 is 10.0 Å². The molecule has 0 radical (unpaired) electrons. The average molecular weight is 385 g/mol. The second-order valence-corrected chi connectivity index (χ2v) is 6.92. The molecule has 2 aromatic heterocycles. The zero-order valence-electron chi connectivity index (χ0n) is 13.8. The lowest BCUT2D eigenvalue weighted by molar-refractivity contribution is 0.601. The molecule has 0 unspecified atom stereocenters. The van der Waals surface area contributed by atoms with Gasteiger partial charge in [0.2, 0.25) is 5.95 Å². The molecule has 11 nitrogen and oxygen atoms in total. The van der Waals surface area contributed by atoms with Gasteiger partial charge in [0, 0.05) is 12.4 Å². The number of rotatable bonds is 5. The van der Waals surface area contributed by atoms with Crippen molar-refractivity contribution in [2.24, 2.45) is 10.2 Å². The first-order valence-electron chi connectivity index (χ1n) is 7.48. The smallest absolute Gasteiger partial charge is 0.261 e. The van der Waals surface area contributed by atoms with Gasteiger partial charge in [0.05, 0.1) is 16.3 Å². The largest absolute Gasteiger partial charge is 0.382 e. The SMILES string of the molecule is Nc1nc(N)c(N=Nc2ccc(S(=O)(=O)Nc3ccncc3)cc2)c(N)n1. The standard InChI is InChI=1S/C15H15N9O2S/c16-13-12(14(17)21-15(18)20-13)23-22-9-1-3-11(4-2-9)27(25,26)24-10-5-7-19-8-6-10/h1-8H,(H,19,24)(H6,16,17,18,20,21). The summed E-state index contributed by atoms with van der Waals surface area (Å²) in [4.78, 5) is 11.4. The minimum atomic E-state index is -3.74. The van der Waals surface area contributed by atoms with Crippen LogP contribution in [0.25, 0.3) is 0 Å². The van der Waals surface area contributed by atoms with Crippen LogP contribution in [0.4, 0.5) is 34.6 Å². The summed E-state index contributed by atoms with van der Waals surface area (Å²) in [6.45, 7) is 0. The van der Waals surface area contributed by atoms with Crippen LogP contribution in [0.1, 0.15) is 0 Å². The Labute approximate surface area is 154 Å². The van der Waals surface area contributed by atoms with Crippen LogP contribution in [0.5, 0.6) is 0 Å². The zero-order chi connectivity index (χ0) is 19.4. The number of nitrogens with one attached hydrogen (secondary N) is 1. The van der Waals surface area contributed by atoms with E-state index in [1.54, 1.807) is 12.1 Å². The van der Waals surface area contributed by atoms with Crippen molar-refractivity contribution in [2.45, 2.75) is 4.90 Å². The van der Waals surface area contributed by atoms with Crippen LogP contribution in [0.3, 0.4) is 0 Å². The fourth-order valence-electron chi connectivity index (χ4n) is 2.05. The molecular formula is C15H15N9O2S. The zero-order valence-corrected chi connectivity index (χ0v) is 14.6. The third-order valence-corrected chi connectivity index (χ3v) is 4.70. The summed E-state index contributed by atoms with van der Waals surface area (Å²) >= 11 is 0. The summed E-state index contributed by atoms with van der Waals surface area (Å²) in [7, 11) is -3.74. The number of benzene rings is 1. The maximum Gasteiger partial charge on any atom is 0.261 e. The van der Waals surface area contributed by atoms with Crippen molar-refractivity contribution in [3.05, 3.63) is 48.8 Å². The van der Waals surface area contributed by atoms with Gasteiger partial charge in [-0.15, -0.1) is 5.11 Å². The lowest BCUT2D eigenvalue weighted by Crippen LogP contribution is -2.12. The number of hydrogen-bond acceptors (Lipinski definition) is 10. The number of nitrogens with zero attached hydrogens (tertiary/aromatic N) is 5. The normalized spacial score (nSPS) is 11.6. The summed E-state index contributed by atoms with van der Waals surface area (Å²) < 4.78 is 27.2. The van der Waals surface area contributed by atoms with Crippen LogP contribution in [-0.4, -0.2) is 23.4 Å². The van der Waals surface area contributed by atoms with Crippen LogP contribution < -0.4 is 21.9 Å². The van der Waals surface area contributed by atoms with Gasteiger partial charge in [0.1, 0.15) is 0 Å². The van der Waals surface area contributed by atoms with E-state index in [4.69, 9.17) is 17.2 Å². The topological polar surface area (TPSA) is 188 Å². The van der Waals surface area contributed by atoms with Crippen LogP contribution in [-0.2, 0) is 10.0 Å². The van der Waals surface area contributed by atoms with E-state index in [0.717, 1.165) is 0 Å². The van der Waals surface area contributed by atoms with Gasteiger partial charge in [0.25, 0.3) is 10.0 Å². The Morgan fingerprint density at radius 3 is 2.04 bits per heavy atom. The molecule has 12 heteroatoms. The molecule has 7 N–H and O–H groups in total. The molecule has 3 rings (SSSR count). The first kappa shape index (κ1) is 18.0. The summed E-state index contributed by atoms with van der Waals surface area (Å²) in [6, 6.07) is 8.84. The Morgan fingerprint density at radius 2 is 1.44 bits per heavy atom. The molecule has 0 amide bonds. The van der Waals surface area contributed by atoms with Gasteiger partial charge in [-0.05, 0) is 36.4 Å². The molecule has 0 aliphatic carbocycles. The molecule has 27 heavy (non-hydrogen) atoms. The van der Waals surface area contributed by atoms with Crippen molar-refractivity contribution in [1.29, 1.82) is 0 Å². The van der Waals surface area contributed by atoms with E-state index >= 15 is 0 Å². The van der Waals surface area contributed by atoms with E-state index in [1.165, 1.54) is 36.7 Å². The van der Waals surface area contributed by atoms with Crippen molar-refractivity contribution in [3.8, 4) is 0 Å². The number of nitrogens with two attached hydrogens (primary N) is 3. The molecule has 0 aliphatic rings. The number of pyridine rings is 1. The second-order valence-electron chi connectivity index (χ2n) is 5.24. The highest BCUT2D eigenvalue weighted by Gasteiger charge is 2.14. The predicted molar refractivity (Wildman–Crippen MR) is 101 cm³/mol. The van der Waals surface area contributed by atoms with Crippen molar-refractivity contribution < 1.29 is 8.42 Å². The first-order valence-corrected chi connectivity index (χ1v) is 8.96. The van der Waals surface area contributed by atoms with Crippen molar-refractivity contribution >= 4 is 44.7 Å². The fourth-order valence-corrected chi connectivity index (χ4v) is 3.10. The molecule has 2 heterocycles. The number of azo groups is 1. The van der Waals surface area contributed by atoms with Gasteiger partial charge in [-0.1, -0.05) is 0 Å². The molecule has 0 bridgehead atoms. The highest BCUT2D eigenvalue weighted by atomic mass is 32.2. The Balaban J connectivity index is 1.79. The number of nitrogen functional groups attached to an aromatic ring is 3. The monoisotopic (exact) mass is 385 g/mol. The summed E-state index contributed by atoms with van der Waals surface area (Å²) in [5.74, 6) is -0.0887. The van der Waals surface area contributed by atoms with Gasteiger partial charge in [-0.3, -0.25) is 9.71 Å². The number of aromatic nitrogens is 3. The molecule has 0 saturated carbocycles. The highest BCUT2D eigenvalue weighted by molar-refractivity contribution is 7.92. The molecule has 0 aliphatic heterocycles. The molecule has 3 aromatic rings. The Hall–Kier alpha value is -3.80.